The van der Waals surface area contributed by atoms with Gasteiger partial charge in [0.15, 0.2) is 0 Å². The highest BCUT2D eigenvalue weighted by Crippen LogP contribution is 2.17. The Morgan fingerprint density at radius 2 is 1.87 bits per heavy atom. The number of hydrogen-bond donors (Lipinski definition) is 0. The van der Waals surface area contributed by atoms with Gasteiger partial charge in [-0.05, 0) is 29.8 Å². The molecule has 0 radical (unpaired) electrons. The van der Waals surface area contributed by atoms with Gasteiger partial charge in [-0.3, -0.25) is 4.90 Å². The predicted molar refractivity (Wildman–Crippen MR) is 86.4 cm³/mol. The molecule has 0 N–H and O–H groups in total. The zero-order chi connectivity index (χ0) is 16.1. The molecule has 0 unspecified atom stereocenters. The highest BCUT2D eigenvalue weighted by Gasteiger charge is 2.12. The summed E-state index contributed by atoms with van der Waals surface area (Å²) in [6.45, 7) is 0.623. The molecular formula is C17H16N4O2. The van der Waals surface area contributed by atoms with E-state index < -0.39 is 6.09 Å². The Balaban J connectivity index is 1.62. The molecule has 3 aromatic rings. The maximum Gasteiger partial charge on any atom is 0.419 e. The van der Waals surface area contributed by atoms with Crippen molar-refractivity contribution in [3.8, 4) is 5.75 Å². The Bertz CT molecular complexity index is 755. The lowest BCUT2D eigenvalue weighted by molar-refractivity contribution is 0.209. The zero-order valence-electron chi connectivity index (χ0n) is 12.7. The molecular weight excluding hydrogens is 292 g/mol. The number of anilines is 1. The molecule has 0 spiro atoms. The first kappa shape index (κ1) is 14.8. The van der Waals surface area contributed by atoms with Crippen LogP contribution in [0, 0.1) is 0 Å². The van der Waals surface area contributed by atoms with Crippen LogP contribution in [0.5, 0.6) is 5.75 Å². The second kappa shape index (κ2) is 6.74. The van der Waals surface area contributed by atoms with Crippen LogP contribution in [0.3, 0.4) is 0 Å². The van der Waals surface area contributed by atoms with Crippen LogP contribution >= 0.6 is 0 Å². The van der Waals surface area contributed by atoms with Gasteiger partial charge >= 0.3 is 6.09 Å². The van der Waals surface area contributed by atoms with E-state index >= 15 is 0 Å². The number of aromatic nitrogens is 3. The first-order valence-corrected chi connectivity index (χ1v) is 7.14. The molecule has 0 saturated carbocycles. The Morgan fingerprint density at radius 1 is 1.13 bits per heavy atom. The van der Waals surface area contributed by atoms with Crippen LogP contribution in [0.25, 0.3) is 0 Å². The first-order valence-electron chi connectivity index (χ1n) is 7.14. The Hall–Kier alpha value is -3.15. The lowest BCUT2D eigenvalue weighted by atomic mass is 10.2. The highest BCUT2D eigenvalue weighted by molar-refractivity contribution is 5.88. The summed E-state index contributed by atoms with van der Waals surface area (Å²) in [5.74, 6) is 0.500. The number of ether oxygens (including phenoxy) is 1. The van der Waals surface area contributed by atoms with Crippen LogP contribution in [0.2, 0.25) is 0 Å². The van der Waals surface area contributed by atoms with Gasteiger partial charge in [-0.15, -0.1) is 0 Å². The summed E-state index contributed by atoms with van der Waals surface area (Å²) in [6.07, 6.45) is 2.72. The molecule has 0 bridgehead atoms. The molecule has 1 amide bonds. The van der Waals surface area contributed by atoms with Crippen LogP contribution in [0.1, 0.15) is 5.56 Å². The predicted octanol–water partition coefficient (Wildman–Crippen LogP) is 2.96. The minimum absolute atomic E-state index is 0.430. The summed E-state index contributed by atoms with van der Waals surface area (Å²) in [5.41, 5.74) is 1.83. The average Bonchev–Trinajstić information content (AvgIpc) is 3.10. The van der Waals surface area contributed by atoms with Crippen molar-refractivity contribution in [3.05, 3.63) is 72.8 Å². The van der Waals surface area contributed by atoms with Gasteiger partial charge in [0.1, 0.15) is 18.4 Å². The van der Waals surface area contributed by atoms with Gasteiger partial charge in [-0.1, -0.05) is 30.3 Å². The molecule has 0 saturated heterocycles. The van der Waals surface area contributed by atoms with E-state index in [2.05, 4.69) is 10.1 Å². The van der Waals surface area contributed by atoms with Crippen molar-refractivity contribution in [1.29, 1.82) is 0 Å². The van der Waals surface area contributed by atoms with Crippen molar-refractivity contribution in [3.63, 3.8) is 0 Å². The first-order chi connectivity index (χ1) is 11.2. The van der Waals surface area contributed by atoms with Crippen LogP contribution in [-0.4, -0.2) is 27.9 Å². The summed E-state index contributed by atoms with van der Waals surface area (Å²) in [5, 5.41) is 4.05. The standard InChI is InChI=1S/C17H16N4O2/c1-20(15-5-3-2-4-6-15)17(22)23-16-9-7-14(8-10-16)11-21-13-18-12-19-21/h2-10,12-13H,11H2,1H3. The summed E-state index contributed by atoms with van der Waals surface area (Å²) in [6, 6.07) is 16.7. The lowest BCUT2D eigenvalue weighted by Crippen LogP contribution is -2.29. The normalized spacial score (nSPS) is 10.3. The smallest absolute Gasteiger partial charge is 0.410 e. The molecule has 0 aliphatic rings. The quantitative estimate of drug-likeness (QED) is 0.743. The number of benzene rings is 2. The number of amides is 1. The maximum absolute atomic E-state index is 12.1. The largest absolute Gasteiger partial charge is 0.419 e. The Kier molecular flexibility index (Phi) is 4.33. The van der Waals surface area contributed by atoms with Crippen molar-refractivity contribution in [2.24, 2.45) is 0 Å². The van der Waals surface area contributed by atoms with Crippen LogP contribution < -0.4 is 9.64 Å². The van der Waals surface area contributed by atoms with Gasteiger partial charge in [0.25, 0.3) is 0 Å². The second-order valence-corrected chi connectivity index (χ2v) is 5.00. The molecule has 3 rings (SSSR count). The van der Waals surface area contributed by atoms with Crippen molar-refractivity contribution >= 4 is 11.8 Å². The average molecular weight is 308 g/mol. The number of para-hydroxylation sites is 1. The third kappa shape index (κ3) is 3.74. The highest BCUT2D eigenvalue weighted by atomic mass is 16.6. The van der Waals surface area contributed by atoms with Crippen molar-refractivity contribution in [2.75, 3.05) is 11.9 Å². The van der Waals surface area contributed by atoms with Gasteiger partial charge in [0, 0.05) is 12.7 Å². The number of nitrogens with zero attached hydrogens (tertiary/aromatic N) is 4. The van der Waals surface area contributed by atoms with Gasteiger partial charge in [0.05, 0.1) is 6.54 Å². The molecule has 1 aromatic heterocycles. The van der Waals surface area contributed by atoms with E-state index in [1.807, 2.05) is 42.5 Å². The van der Waals surface area contributed by atoms with Gasteiger partial charge in [-0.2, -0.15) is 5.10 Å². The molecule has 1 heterocycles. The van der Waals surface area contributed by atoms with Crippen LogP contribution in [0.4, 0.5) is 10.5 Å². The fraction of sp³-hybridized carbons (Fsp3) is 0.118. The van der Waals surface area contributed by atoms with E-state index in [-0.39, 0.29) is 0 Å². The minimum Gasteiger partial charge on any atom is -0.410 e. The third-order valence-electron chi connectivity index (χ3n) is 3.36. The van der Waals surface area contributed by atoms with E-state index in [4.69, 9.17) is 4.74 Å². The van der Waals surface area contributed by atoms with E-state index in [1.165, 1.54) is 11.2 Å². The second-order valence-electron chi connectivity index (χ2n) is 5.00. The summed E-state index contributed by atoms with van der Waals surface area (Å²) >= 11 is 0. The maximum atomic E-state index is 12.1. The minimum atomic E-state index is -0.430. The molecule has 0 aliphatic carbocycles. The van der Waals surface area contributed by atoms with E-state index in [1.54, 1.807) is 30.2 Å². The van der Waals surface area contributed by atoms with E-state index in [0.717, 1.165) is 11.3 Å². The molecule has 23 heavy (non-hydrogen) atoms. The molecule has 6 heteroatoms. The SMILES string of the molecule is CN(C(=O)Oc1ccc(Cn2cncn2)cc1)c1ccccc1. The van der Waals surface area contributed by atoms with Crippen LogP contribution in [-0.2, 0) is 6.54 Å². The van der Waals surface area contributed by atoms with E-state index in [0.29, 0.717) is 12.3 Å². The fourth-order valence-electron chi connectivity index (χ4n) is 2.09. The number of carbonyl (C=O) groups is 1. The topological polar surface area (TPSA) is 60.2 Å². The summed E-state index contributed by atoms with van der Waals surface area (Å²) in [7, 11) is 1.68. The summed E-state index contributed by atoms with van der Waals surface area (Å²) < 4.78 is 7.10. The Morgan fingerprint density at radius 3 is 2.52 bits per heavy atom. The molecule has 6 nitrogen and oxygen atoms in total. The molecule has 0 aliphatic heterocycles. The van der Waals surface area contributed by atoms with Crippen molar-refractivity contribution in [1.82, 2.24) is 14.8 Å². The number of rotatable bonds is 4. The van der Waals surface area contributed by atoms with Crippen molar-refractivity contribution in [2.45, 2.75) is 6.54 Å². The summed E-state index contributed by atoms with van der Waals surface area (Å²) in [4.78, 5) is 17.5. The fourth-order valence-corrected chi connectivity index (χ4v) is 2.09. The molecule has 116 valence electrons. The van der Waals surface area contributed by atoms with Crippen molar-refractivity contribution < 1.29 is 9.53 Å². The monoisotopic (exact) mass is 308 g/mol. The third-order valence-corrected chi connectivity index (χ3v) is 3.36. The molecule has 0 atom stereocenters. The van der Waals surface area contributed by atoms with Gasteiger partial charge in [-0.25, -0.2) is 14.5 Å². The van der Waals surface area contributed by atoms with Gasteiger partial charge in [0.2, 0.25) is 0 Å². The molecule has 0 fully saturated rings. The van der Waals surface area contributed by atoms with Gasteiger partial charge < -0.3 is 4.74 Å². The number of carbonyl (C=O) groups excluding carboxylic acids is 1. The number of hydrogen-bond acceptors (Lipinski definition) is 4. The lowest BCUT2D eigenvalue weighted by Gasteiger charge is -2.16. The Labute approximate surface area is 134 Å². The van der Waals surface area contributed by atoms with Crippen LogP contribution in [0.15, 0.2) is 67.3 Å². The molecule has 2 aromatic carbocycles. The zero-order valence-corrected chi connectivity index (χ0v) is 12.7. The van der Waals surface area contributed by atoms with E-state index in [9.17, 15) is 4.79 Å².